The number of hydrogen-bond acceptors (Lipinski definition) is 6. The second kappa shape index (κ2) is 5.79. The molecule has 7 heteroatoms. The van der Waals surface area contributed by atoms with Gasteiger partial charge in [0.2, 0.25) is 0 Å². The lowest BCUT2D eigenvalue weighted by Crippen LogP contribution is -2.12. The maximum Gasteiger partial charge on any atom is 0.258 e. The summed E-state index contributed by atoms with van der Waals surface area (Å²) in [4.78, 5) is 18.1. The van der Waals surface area contributed by atoms with Crippen LogP contribution in [0.25, 0.3) is 4.96 Å². The molecule has 0 radical (unpaired) electrons. The molecule has 0 atom stereocenters. The summed E-state index contributed by atoms with van der Waals surface area (Å²) in [6.45, 7) is 0. The van der Waals surface area contributed by atoms with Crippen molar-refractivity contribution in [3.05, 3.63) is 51.9 Å². The van der Waals surface area contributed by atoms with Gasteiger partial charge in [-0.25, -0.2) is 4.98 Å². The maximum absolute atomic E-state index is 11.9. The Morgan fingerprint density at radius 3 is 3.10 bits per heavy atom. The van der Waals surface area contributed by atoms with Crippen molar-refractivity contribution in [3.8, 4) is 5.75 Å². The smallest absolute Gasteiger partial charge is 0.258 e. The van der Waals surface area contributed by atoms with E-state index < -0.39 is 0 Å². The van der Waals surface area contributed by atoms with Crippen molar-refractivity contribution >= 4 is 33.7 Å². The molecule has 2 aromatic heterocycles. The molecule has 0 unspecified atom stereocenters. The first-order chi connectivity index (χ1) is 10.2. The van der Waals surface area contributed by atoms with Gasteiger partial charge < -0.3 is 10.5 Å². The van der Waals surface area contributed by atoms with Crippen LogP contribution in [0, 0.1) is 0 Å². The minimum atomic E-state index is -0.0545. The highest BCUT2D eigenvalue weighted by atomic mass is 32.2. The molecular weight excluding hydrogens is 306 g/mol. The molecule has 0 aliphatic rings. The van der Waals surface area contributed by atoms with Crippen molar-refractivity contribution in [2.75, 3.05) is 12.8 Å². The van der Waals surface area contributed by atoms with E-state index in [1.807, 2.05) is 17.5 Å². The first-order valence-electron chi connectivity index (χ1n) is 6.19. The Balaban J connectivity index is 1.85. The zero-order valence-electron chi connectivity index (χ0n) is 11.3. The van der Waals surface area contributed by atoms with Gasteiger partial charge in [0.05, 0.1) is 12.8 Å². The lowest BCUT2D eigenvalue weighted by molar-refractivity contribution is 0.405. The molecule has 3 rings (SSSR count). The molecule has 0 fully saturated rings. The molecule has 0 aliphatic carbocycles. The Labute approximate surface area is 129 Å². The Morgan fingerprint density at radius 1 is 1.43 bits per heavy atom. The predicted octanol–water partition coefficient (Wildman–Crippen LogP) is 2.64. The number of hydrogen-bond donors (Lipinski definition) is 1. The summed E-state index contributed by atoms with van der Waals surface area (Å²) in [5, 5.41) is 1.85. The van der Waals surface area contributed by atoms with Crippen LogP contribution in [0.5, 0.6) is 5.75 Å². The fourth-order valence-electron chi connectivity index (χ4n) is 1.92. The van der Waals surface area contributed by atoms with Crippen LogP contribution in [0.1, 0.15) is 5.69 Å². The van der Waals surface area contributed by atoms with Gasteiger partial charge in [-0.1, -0.05) is 0 Å². The van der Waals surface area contributed by atoms with Crippen molar-refractivity contribution in [2.24, 2.45) is 0 Å². The van der Waals surface area contributed by atoms with Gasteiger partial charge >= 0.3 is 0 Å². The van der Waals surface area contributed by atoms with Crippen molar-refractivity contribution in [1.82, 2.24) is 9.38 Å². The van der Waals surface area contributed by atoms with Crippen molar-refractivity contribution in [3.63, 3.8) is 0 Å². The topological polar surface area (TPSA) is 69.6 Å². The number of ether oxygens (including phenoxy) is 1. The van der Waals surface area contributed by atoms with E-state index in [9.17, 15) is 4.79 Å². The molecule has 5 nitrogen and oxygen atoms in total. The van der Waals surface area contributed by atoms with Crippen molar-refractivity contribution < 1.29 is 4.74 Å². The van der Waals surface area contributed by atoms with Crippen LogP contribution in [0.2, 0.25) is 0 Å². The molecule has 0 saturated heterocycles. The van der Waals surface area contributed by atoms with Crippen LogP contribution < -0.4 is 16.0 Å². The number of benzene rings is 1. The van der Waals surface area contributed by atoms with Crippen LogP contribution in [-0.2, 0) is 5.75 Å². The highest BCUT2D eigenvalue weighted by Gasteiger charge is 2.07. The lowest BCUT2D eigenvalue weighted by atomic mass is 10.3. The zero-order valence-corrected chi connectivity index (χ0v) is 12.9. The number of methoxy groups -OCH3 is 1. The Morgan fingerprint density at radius 2 is 2.29 bits per heavy atom. The summed E-state index contributed by atoms with van der Waals surface area (Å²) in [5.74, 6) is 1.33. The summed E-state index contributed by atoms with van der Waals surface area (Å²) < 4.78 is 6.86. The molecule has 0 aliphatic heterocycles. The first kappa shape index (κ1) is 14.0. The molecule has 2 heterocycles. The van der Waals surface area contributed by atoms with E-state index in [-0.39, 0.29) is 5.56 Å². The summed E-state index contributed by atoms with van der Waals surface area (Å²) in [5.41, 5.74) is 7.10. The first-order valence-corrected chi connectivity index (χ1v) is 8.06. The standard InChI is InChI=1S/C14H13N3O2S2/c1-19-11-6-9(15)2-3-12(11)21-8-10-7-13(18)17-4-5-20-14(17)16-10/h2-7H,8,15H2,1H3. The van der Waals surface area contributed by atoms with Crippen molar-refractivity contribution in [2.45, 2.75) is 10.6 Å². The molecule has 3 aromatic rings. The van der Waals surface area contributed by atoms with Crippen LogP contribution in [0.4, 0.5) is 5.69 Å². The van der Waals surface area contributed by atoms with Gasteiger partial charge in [0.15, 0.2) is 4.96 Å². The largest absolute Gasteiger partial charge is 0.496 e. The van der Waals surface area contributed by atoms with Crippen molar-refractivity contribution in [1.29, 1.82) is 0 Å². The van der Waals surface area contributed by atoms with E-state index in [2.05, 4.69) is 4.98 Å². The minimum absolute atomic E-state index is 0.0545. The highest BCUT2D eigenvalue weighted by Crippen LogP contribution is 2.32. The fraction of sp³-hybridized carbons (Fsp3) is 0.143. The number of aromatic nitrogens is 2. The van der Waals surface area contributed by atoms with Gasteiger partial charge in [-0.3, -0.25) is 9.20 Å². The Bertz CT molecular complexity index is 842. The van der Waals surface area contributed by atoms with Gasteiger partial charge in [0.25, 0.3) is 5.56 Å². The third kappa shape index (κ3) is 2.88. The second-order valence-electron chi connectivity index (χ2n) is 4.34. The minimum Gasteiger partial charge on any atom is -0.496 e. The molecule has 0 amide bonds. The second-order valence-corrected chi connectivity index (χ2v) is 6.23. The summed E-state index contributed by atoms with van der Waals surface area (Å²) in [7, 11) is 1.61. The molecule has 21 heavy (non-hydrogen) atoms. The maximum atomic E-state index is 11.9. The highest BCUT2D eigenvalue weighted by molar-refractivity contribution is 7.98. The normalized spacial score (nSPS) is 10.9. The fourth-order valence-corrected chi connectivity index (χ4v) is 3.56. The third-order valence-corrected chi connectivity index (χ3v) is 4.76. The van der Waals surface area contributed by atoms with Gasteiger partial charge in [0.1, 0.15) is 5.75 Å². The molecule has 0 saturated carbocycles. The summed E-state index contributed by atoms with van der Waals surface area (Å²) in [6, 6.07) is 7.09. The lowest BCUT2D eigenvalue weighted by Gasteiger charge is -2.08. The van der Waals surface area contributed by atoms with E-state index >= 15 is 0 Å². The summed E-state index contributed by atoms with van der Waals surface area (Å²) in [6.07, 6.45) is 1.73. The number of nitrogen functional groups attached to an aromatic ring is 1. The third-order valence-electron chi connectivity index (χ3n) is 2.92. The van der Waals surface area contributed by atoms with Crippen LogP contribution >= 0.6 is 23.1 Å². The van der Waals surface area contributed by atoms with Crippen LogP contribution in [0.15, 0.2) is 45.5 Å². The molecular formula is C14H13N3O2S2. The molecule has 0 bridgehead atoms. The van der Waals surface area contributed by atoms with E-state index in [0.29, 0.717) is 16.4 Å². The Kier molecular flexibility index (Phi) is 3.85. The number of nitrogens with zero attached hydrogens (tertiary/aromatic N) is 2. The average Bonchev–Trinajstić information content (AvgIpc) is 2.94. The molecule has 2 N–H and O–H groups in total. The number of thiazole rings is 1. The van der Waals surface area contributed by atoms with E-state index in [4.69, 9.17) is 10.5 Å². The SMILES string of the molecule is COc1cc(N)ccc1SCc1cc(=O)n2ccsc2n1. The Hall–Kier alpha value is -1.99. The average molecular weight is 319 g/mol. The van der Waals surface area contributed by atoms with Gasteiger partial charge in [-0.05, 0) is 12.1 Å². The van der Waals surface area contributed by atoms with Gasteiger partial charge in [-0.2, -0.15) is 0 Å². The number of fused-ring (bicyclic) bond motifs is 1. The van der Waals surface area contributed by atoms with E-state index in [1.165, 1.54) is 11.3 Å². The molecule has 108 valence electrons. The van der Waals surface area contributed by atoms with Crippen LogP contribution in [-0.4, -0.2) is 16.5 Å². The molecule has 0 spiro atoms. The molecule has 1 aromatic carbocycles. The van der Waals surface area contributed by atoms with Crippen LogP contribution in [0.3, 0.4) is 0 Å². The van der Waals surface area contributed by atoms with Gasteiger partial charge in [0, 0.05) is 40.0 Å². The number of nitrogens with two attached hydrogens (primary N) is 1. The monoisotopic (exact) mass is 319 g/mol. The number of thioether (sulfide) groups is 1. The zero-order chi connectivity index (χ0) is 14.8. The van der Waals surface area contributed by atoms with Gasteiger partial charge in [-0.15, -0.1) is 23.1 Å². The summed E-state index contributed by atoms with van der Waals surface area (Å²) >= 11 is 3.02. The predicted molar refractivity (Wildman–Crippen MR) is 86.3 cm³/mol. The number of rotatable bonds is 4. The number of anilines is 1. The van der Waals surface area contributed by atoms with E-state index in [0.717, 1.165) is 16.3 Å². The van der Waals surface area contributed by atoms with E-state index in [1.54, 1.807) is 41.6 Å². The quantitative estimate of drug-likeness (QED) is 0.591.